The van der Waals surface area contributed by atoms with Gasteiger partial charge in [0.2, 0.25) is 0 Å². The van der Waals surface area contributed by atoms with E-state index < -0.39 is 0 Å². The van der Waals surface area contributed by atoms with Gasteiger partial charge in [0, 0.05) is 19.5 Å². The van der Waals surface area contributed by atoms with Crippen LogP contribution in [0.2, 0.25) is 0 Å². The van der Waals surface area contributed by atoms with Crippen LogP contribution in [0.15, 0.2) is 18.5 Å². The second kappa shape index (κ2) is 6.61. The van der Waals surface area contributed by atoms with Crippen molar-refractivity contribution in [2.24, 2.45) is 0 Å². The number of methoxy groups -OCH3 is 1. The third-order valence-corrected chi connectivity index (χ3v) is 2.97. The second-order valence-corrected chi connectivity index (χ2v) is 4.06. The molecule has 0 bridgehead atoms. The highest BCUT2D eigenvalue weighted by molar-refractivity contribution is 5.26. The lowest BCUT2D eigenvalue weighted by Gasteiger charge is -2.26. The highest BCUT2D eigenvalue weighted by atomic mass is 16.5. The van der Waals surface area contributed by atoms with E-state index in [0.717, 1.165) is 12.8 Å². The van der Waals surface area contributed by atoms with Gasteiger partial charge < -0.3 is 10.1 Å². The van der Waals surface area contributed by atoms with Crippen molar-refractivity contribution < 1.29 is 4.74 Å². The van der Waals surface area contributed by atoms with E-state index in [1.54, 1.807) is 7.11 Å². The topological polar surface area (TPSA) is 34.1 Å². The molecule has 0 saturated carbocycles. The average Bonchev–Trinajstić information content (AvgIpc) is 2.31. The molecule has 0 fully saturated rings. The summed E-state index contributed by atoms with van der Waals surface area (Å²) in [5, 5.41) is 3.33. The smallest absolute Gasteiger partial charge is 0.0766 e. The van der Waals surface area contributed by atoms with Crippen molar-refractivity contribution in [2.75, 3.05) is 14.2 Å². The summed E-state index contributed by atoms with van der Waals surface area (Å²) in [5.41, 5.74) is 2.48. The maximum Gasteiger partial charge on any atom is 0.0766 e. The van der Waals surface area contributed by atoms with Crippen molar-refractivity contribution in [3.63, 3.8) is 0 Å². The fourth-order valence-electron chi connectivity index (χ4n) is 2.05. The predicted octanol–water partition coefficient (Wildman–Crippen LogP) is 2.47. The van der Waals surface area contributed by atoms with Crippen LogP contribution in [0, 0.1) is 6.92 Å². The molecule has 1 N–H and O–H groups in total. The van der Waals surface area contributed by atoms with Gasteiger partial charge in [-0.05, 0) is 37.6 Å². The summed E-state index contributed by atoms with van der Waals surface area (Å²) in [6.45, 7) is 4.29. The standard InChI is InChI=1S/C13H22N2O/c1-5-6-12(16-4)13(14-3)11-9-15-8-7-10(11)2/h7-9,12-14H,5-6H2,1-4H3. The number of hydrogen-bond donors (Lipinski definition) is 1. The first-order valence-corrected chi connectivity index (χ1v) is 5.85. The van der Waals surface area contributed by atoms with Gasteiger partial charge >= 0.3 is 0 Å². The molecule has 0 aliphatic rings. The summed E-state index contributed by atoms with van der Waals surface area (Å²) < 4.78 is 5.56. The maximum absolute atomic E-state index is 5.56. The number of pyridine rings is 1. The molecule has 1 heterocycles. The molecule has 2 atom stereocenters. The van der Waals surface area contributed by atoms with Gasteiger partial charge in [-0.25, -0.2) is 0 Å². The molecule has 90 valence electrons. The largest absolute Gasteiger partial charge is 0.379 e. The zero-order valence-electron chi connectivity index (χ0n) is 10.7. The van der Waals surface area contributed by atoms with Crippen LogP contribution in [0.4, 0.5) is 0 Å². The third kappa shape index (κ3) is 3.03. The number of nitrogens with zero attached hydrogens (tertiary/aromatic N) is 1. The predicted molar refractivity (Wildman–Crippen MR) is 66.5 cm³/mol. The van der Waals surface area contributed by atoms with E-state index in [2.05, 4.69) is 24.1 Å². The van der Waals surface area contributed by atoms with Gasteiger partial charge in [0.05, 0.1) is 12.1 Å². The van der Waals surface area contributed by atoms with Crippen molar-refractivity contribution in [2.45, 2.75) is 38.8 Å². The van der Waals surface area contributed by atoms with Crippen LogP contribution in [0.25, 0.3) is 0 Å². The van der Waals surface area contributed by atoms with Crippen LogP contribution in [-0.4, -0.2) is 25.2 Å². The minimum atomic E-state index is 0.206. The fourth-order valence-corrected chi connectivity index (χ4v) is 2.05. The molecule has 1 aromatic heterocycles. The summed E-state index contributed by atoms with van der Waals surface area (Å²) in [6.07, 6.45) is 6.13. The van der Waals surface area contributed by atoms with Crippen molar-refractivity contribution in [3.8, 4) is 0 Å². The maximum atomic E-state index is 5.56. The molecular formula is C13H22N2O. The van der Waals surface area contributed by atoms with Crippen LogP contribution >= 0.6 is 0 Å². The number of likely N-dealkylation sites (N-methyl/N-ethyl adjacent to an activating group) is 1. The Balaban J connectivity index is 2.92. The number of hydrogen-bond acceptors (Lipinski definition) is 3. The molecule has 3 heteroatoms. The lowest BCUT2D eigenvalue weighted by molar-refractivity contribution is 0.0627. The van der Waals surface area contributed by atoms with Gasteiger partial charge in [-0.3, -0.25) is 4.98 Å². The first-order valence-electron chi connectivity index (χ1n) is 5.85. The number of aryl methyl sites for hydroxylation is 1. The Morgan fingerprint density at radius 3 is 2.75 bits per heavy atom. The Labute approximate surface area is 98.2 Å². The van der Waals surface area contributed by atoms with E-state index >= 15 is 0 Å². The van der Waals surface area contributed by atoms with Crippen LogP contribution in [0.3, 0.4) is 0 Å². The zero-order valence-corrected chi connectivity index (χ0v) is 10.7. The number of nitrogens with one attached hydrogen (secondary N) is 1. The molecule has 1 rings (SSSR count). The molecule has 0 aliphatic heterocycles. The monoisotopic (exact) mass is 222 g/mol. The SMILES string of the molecule is CCCC(OC)C(NC)c1cnccc1C. The van der Waals surface area contributed by atoms with Crippen molar-refractivity contribution in [1.82, 2.24) is 10.3 Å². The lowest BCUT2D eigenvalue weighted by atomic mass is 9.96. The molecule has 0 aromatic carbocycles. The summed E-state index contributed by atoms with van der Waals surface area (Å²) >= 11 is 0. The van der Waals surface area contributed by atoms with Crippen molar-refractivity contribution >= 4 is 0 Å². The summed E-state index contributed by atoms with van der Waals surface area (Å²) in [6, 6.07) is 2.26. The molecule has 0 spiro atoms. The Bertz CT molecular complexity index is 315. The molecule has 3 nitrogen and oxygen atoms in total. The molecule has 0 saturated heterocycles. The van der Waals surface area contributed by atoms with Gasteiger partial charge in [0.1, 0.15) is 0 Å². The molecule has 0 radical (unpaired) electrons. The first-order chi connectivity index (χ1) is 7.74. The van der Waals surface area contributed by atoms with E-state index in [9.17, 15) is 0 Å². The van der Waals surface area contributed by atoms with Crippen LogP contribution in [-0.2, 0) is 4.74 Å². The van der Waals surface area contributed by atoms with Crippen molar-refractivity contribution in [1.29, 1.82) is 0 Å². The molecule has 1 aromatic rings. The molecule has 0 amide bonds. The minimum Gasteiger partial charge on any atom is -0.379 e. The Morgan fingerprint density at radius 1 is 1.50 bits per heavy atom. The van der Waals surface area contributed by atoms with E-state index in [0.29, 0.717) is 0 Å². The molecular weight excluding hydrogens is 200 g/mol. The fraction of sp³-hybridized carbons (Fsp3) is 0.615. The molecule has 0 aliphatic carbocycles. The number of rotatable bonds is 6. The van der Waals surface area contributed by atoms with Crippen LogP contribution < -0.4 is 5.32 Å². The van der Waals surface area contributed by atoms with E-state index in [1.807, 2.05) is 25.5 Å². The van der Waals surface area contributed by atoms with Crippen LogP contribution in [0.5, 0.6) is 0 Å². The van der Waals surface area contributed by atoms with Crippen LogP contribution in [0.1, 0.15) is 36.9 Å². The number of ether oxygens (including phenoxy) is 1. The highest BCUT2D eigenvalue weighted by Crippen LogP contribution is 2.23. The summed E-state index contributed by atoms with van der Waals surface area (Å²) in [4.78, 5) is 4.20. The van der Waals surface area contributed by atoms with E-state index in [4.69, 9.17) is 4.74 Å². The second-order valence-electron chi connectivity index (χ2n) is 4.06. The number of aromatic nitrogens is 1. The van der Waals surface area contributed by atoms with Gasteiger partial charge in [0.25, 0.3) is 0 Å². The molecule has 16 heavy (non-hydrogen) atoms. The van der Waals surface area contributed by atoms with E-state index in [1.165, 1.54) is 11.1 Å². The zero-order chi connectivity index (χ0) is 12.0. The highest BCUT2D eigenvalue weighted by Gasteiger charge is 2.22. The Kier molecular flexibility index (Phi) is 5.43. The first kappa shape index (κ1) is 13.1. The van der Waals surface area contributed by atoms with Gasteiger partial charge in [-0.15, -0.1) is 0 Å². The van der Waals surface area contributed by atoms with Gasteiger partial charge in [0.15, 0.2) is 0 Å². The van der Waals surface area contributed by atoms with Crippen molar-refractivity contribution in [3.05, 3.63) is 29.6 Å². The van der Waals surface area contributed by atoms with Gasteiger partial charge in [-0.1, -0.05) is 13.3 Å². The Hall–Kier alpha value is -0.930. The summed E-state index contributed by atoms with van der Waals surface area (Å²) in [7, 11) is 3.75. The minimum absolute atomic E-state index is 0.206. The average molecular weight is 222 g/mol. The normalized spacial score (nSPS) is 14.8. The summed E-state index contributed by atoms with van der Waals surface area (Å²) in [5.74, 6) is 0. The van der Waals surface area contributed by atoms with Gasteiger partial charge in [-0.2, -0.15) is 0 Å². The quantitative estimate of drug-likeness (QED) is 0.803. The Morgan fingerprint density at radius 2 is 2.25 bits per heavy atom. The van der Waals surface area contributed by atoms with E-state index in [-0.39, 0.29) is 12.1 Å². The third-order valence-electron chi connectivity index (χ3n) is 2.97. The lowest BCUT2D eigenvalue weighted by Crippen LogP contribution is -2.31. The molecule has 2 unspecified atom stereocenters.